The number of carbonyl (C=O) groups is 1. The van der Waals surface area contributed by atoms with Crippen molar-refractivity contribution in [1.29, 1.82) is 0 Å². The van der Waals surface area contributed by atoms with Crippen LogP contribution in [0.2, 0.25) is 0 Å². The maximum atomic E-state index is 10.8. The van der Waals surface area contributed by atoms with Gasteiger partial charge in [0.05, 0.1) is 5.56 Å². The molecule has 98 valence electrons. The average molecular weight is 247 g/mol. The van der Waals surface area contributed by atoms with Crippen LogP contribution in [0.3, 0.4) is 0 Å². The minimum Gasteiger partial charge on any atom is -0.478 e. The second-order valence-electron chi connectivity index (χ2n) is 5.48. The Kier molecular flexibility index (Phi) is 4.02. The number of benzene rings is 1. The normalized spacial score (nSPS) is 18.5. The monoisotopic (exact) mass is 247 g/mol. The molecule has 2 rings (SSSR count). The van der Waals surface area contributed by atoms with E-state index in [4.69, 9.17) is 5.11 Å². The number of carboxylic acid groups (broad SMARTS) is 1. The van der Waals surface area contributed by atoms with Crippen LogP contribution in [0.5, 0.6) is 0 Å². The smallest absolute Gasteiger partial charge is 0.335 e. The van der Waals surface area contributed by atoms with Gasteiger partial charge in [0.1, 0.15) is 0 Å². The van der Waals surface area contributed by atoms with Crippen LogP contribution < -0.4 is 5.32 Å². The summed E-state index contributed by atoms with van der Waals surface area (Å²) in [6.45, 7) is 3.11. The van der Waals surface area contributed by atoms with Crippen LogP contribution in [0.4, 0.5) is 0 Å². The van der Waals surface area contributed by atoms with Gasteiger partial charge in [0.2, 0.25) is 0 Å². The fourth-order valence-corrected chi connectivity index (χ4v) is 2.59. The molecule has 0 aliphatic heterocycles. The van der Waals surface area contributed by atoms with Crippen LogP contribution in [-0.2, 0) is 6.54 Å². The summed E-state index contributed by atoms with van der Waals surface area (Å²) in [5, 5.41) is 12.5. The molecule has 0 aromatic heterocycles. The van der Waals surface area contributed by atoms with E-state index in [-0.39, 0.29) is 5.54 Å². The van der Waals surface area contributed by atoms with Crippen molar-refractivity contribution in [3.63, 3.8) is 0 Å². The van der Waals surface area contributed by atoms with E-state index in [1.165, 1.54) is 32.1 Å². The summed E-state index contributed by atoms with van der Waals surface area (Å²) in [4.78, 5) is 10.8. The van der Waals surface area contributed by atoms with Gasteiger partial charge < -0.3 is 10.4 Å². The zero-order valence-corrected chi connectivity index (χ0v) is 10.9. The quantitative estimate of drug-likeness (QED) is 0.859. The lowest BCUT2D eigenvalue weighted by Crippen LogP contribution is -2.43. The summed E-state index contributed by atoms with van der Waals surface area (Å²) < 4.78 is 0. The van der Waals surface area contributed by atoms with Crippen molar-refractivity contribution >= 4 is 5.97 Å². The molecule has 1 aliphatic carbocycles. The minimum absolute atomic E-state index is 0.254. The molecule has 1 saturated carbocycles. The fraction of sp³-hybridized carbons (Fsp3) is 0.533. The van der Waals surface area contributed by atoms with Gasteiger partial charge in [-0.05, 0) is 37.5 Å². The van der Waals surface area contributed by atoms with Gasteiger partial charge in [-0.1, -0.05) is 31.4 Å². The van der Waals surface area contributed by atoms with Crippen LogP contribution in [0.25, 0.3) is 0 Å². The molecule has 0 spiro atoms. The minimum atomic E-state index is -0.867. The number of rotatable bonds is 4. The Hall–Kier alpha value is -1.35. The third-order valence-electron chi connectivity index (χ3n) is 3.88. The third-order valence-corrected chi connectivity index (χ3v) is 3.88. The summed E-state index contributed by atoms with van der Waals surface area (Å²) in [5.74, 6) is -0.867. The van der Waals surface area contributed by atoms with Crippen molar-refractivity contribution in [1.82, 2.24) is 5.32 Å². The topological polar surface area (TPSA) is 49.3 Å². The first-order valence-electron chi connectivity index (χ1n) is 6.66. The lowest BCUT2D eigenvalue weighted by Gasteiger charge is -2.34. The molecule has 0 bridgehead atoms. The first-order chi connectivity index (χ1) is 8.59. The maximum Gasteiger partial charge on any atom is 0.335 e. The molecule has 0 amide bonds. The summed E-state index contributed by atoms with van der Waals surface area (Å²) >= 11 is 0. The first-order valence-corrected chi connectivity index (χ1v) is 6.66. The number of aromatic carboxylic acids is 1. The highest BCUT2D eigenvalue weighted by Gasteiger charge is 2.25. The number of carboxylic acids is 1. The van der Waals surface area contributed by atoms with Crippen molar-refractivity contribution in [3.8, 4) is 0 Å². The summed E-state index contributed by atoms with van der Waals surface area (Å²) in [5.41, 5.74) is 1.75. The van der Waals surface area contributed by atoms with E-state index in [1.54, 1.807) is 12.1 Å². The molecule has 0 saturated heterocycles. The van der Waals surface area contributed by atoms with E-state index >= 15 is 0 Å². The second kappa shape index (κ2) is 5.53. The van der Waals surface area contributed by atoms with Crippen LogP contribution in [0, 0.1) is 0 Å². The van der Waals surface area contributed by atoms with Crippen LogP contribution in [0.15, 0.2) is 24.3 Å². The molecular weight excluding hydrogens is 226 g/mol. The van der Waals surface area contributed by atoms with E-state index in [0.717, 1.165) is 12.1 Å². The molecule has 0 unspecified atom stereocenters. The second-order valence-corrected chi connectivity index (χ2v) is 5.48. The molecule has 1 fully saturated rings. The SMILES string of the molecule is CC1(NCc2ccc(C(=O)O)cc2)CCCCC1. The number of hydrogen-bond acceptors (Lipinski definition) is 2. The molecule has 18 heavy (non-hydrogen) atoms. The van der Waals surface area contributed by atoms with Gasteiger partial charge in [0.15, 0.2) is 0 Å². The highest BCUT2D eigenvalue weighted by Crippen LogP contribution is 2.27. The lowest BCUT2D eigenvalue weighted by atomic mass is 9.83. The molecule has 3 heteroatoms. The van der Waals surface area contributed by atoms with Crippen LogP contribution >= 0.6 is 0 Å². The van der Waals surface area contributed by atoms with Crippen molar-refractivity contribution in [2.45, 2.75) is 51.1 Å². The van der Waals surface area contributed by atoms with E-state index in [1.807, 2.05) is 12.1 Å². The molecule has 0 atom stereocenters. The molecule has 0 heterocycles. The standard InChI is InChI=1S/C15H21NO2/c1-15(9-3-2-4-10-15)16-11-12-5-7-13(8-6-12)14(17)18/h5-8,16H,2-4,9-11H2,1H3,(H,17,18). The molecule has 3 nitrogen and oxygen atoms in total. The van der Waals surface area contributed by atoms with Crippen LogP contribution in [-0.4, -0.2) is 16.6 Å². The maximum absolute atomic E-state index is 10.8. The molecule has 1 aliphatic rings. The van der Waals surface area contributed by atoms with Gasteiger partial charge in [-0.2, -0.15) is 0 Å². The van der Waals surface area contributed by atoms with Crippen molar-refractivity contribution in [3.05, 3.63) is 35.4 Å². The van der Waals surface area contributed by atoms with E-state index < -0.39 is 5.97 Å². The number of nitrogens with one attached hydrogen (secondary N) is 1. The Bertz CT molecular complexity index is 405. The fourth-order valence-electron chi connectivity index (χ4n) is 2.59. The molecule has 0 radical (unpaired) electrons. The van der Waals surface area contributed by atoms with Gasteiger partial charge in [-0.25, -0.2) is 4.79 Å². The highest BCUT2D eigenvalue weighted by atomic mass is 16.4. The molecular formula is C15H21NO2. The molecule has 1 aromatic carbocycles. The van der Waals surface area contributed by atoms with Crippen molar-refractivity contribution in [2.75, 3.05) is 0 Å². The summed E-state index contributed by atoms with van der Waals surface area (Å²) in [7, 11) is 0. The van der Waals surface area contributed by atoms with Gasteiger partial charge in [-0.3, -0.25) is 0 Å². The molecule has 2 N–H and O–H groups in total. The average Bonchev–Trinajstić information content (AvgIpc) is 2.38. The highest BCUT2D eigenvalue weighted by molar-refractivity contribution is 5.87. The Balaban J connectivity index is 1.91. The predicted molar refractivity (Wildman–Crippen MR) is 71.7 cm³/mol. The van der Waals surface area contributed by atoms with E-state index in [0.29, 0.717) is 5.56 Å². The van der Waals surface area contributed by atoms with Gasteiger partial charge in [0.25, 0.3) is 0 Å². The van der Waals surface area contributed by atoms with Gasteiger partial charge >= 0.3 is 5.97 Å². The summed E-state index contributed by atoms with van der Waals surface area (Å²) in [6.07, 6.45) is 6.44. The predicted octanol–water partition coefficient (Wildman–Crippen LogP) is 3.20. The first kappa shape index (κ1) is 13.1. The lowest BCUT2D eigenvalue weighted by molar-refractivity contribution is 0.0697. The van der Waals surface area contributed by atoms with Gasteiger partial charge in [0, 0.05) is 12.1 Å². The van der Waals surface area contributed by atoms with E-state index in [9.17, 15) is 4.79 Å². The largest absolute Gasteiger partial charge is 0.478 e. The van der Waals surface area contributed by atoms with Crippen molar-refractivity contribution < 1.29 is 9.90 Å². The van der Waals surface area contributed by atoms with E-state index in [2.05, 4.69) is 12.2 Å². The Morgan fingerprint density at radius 1 is 1.22 bits per heavy atom. The number of hydrogen-bond donors (Lipinski definition) is 2. The Morgan fingerprint density at radius 3 is 2.39 bits per heavy atom. The zero-order chi connectivity index (χ0) is 13.0. The Morgan fingerprint density at radius 2 is 1.83 bits per heavy atom. The zero-order valence-electron chi connectivity index (χ0n) is 10.9. The molecule has 1 aromatic rings. The Labute approximate surface area is 108 Å². The third kappa shape index (κ3) is 3.33. The summed E-state index contributed by atoms with van der Waals surface area (Å²) in [6, 6.07) is 7.12. The van der Waals surface area contributed by atoms with Crippen LogP contribution in [0.1, 0.15) is 54.9 Å². The van der Waals surface area contributed by atoms with Gasteiger partial charge in [-0.15, -0.1) is 0 Å². The van der Waals surface area contributed by atoms with Crippen molar-refractivity contribution in [2.24, 2.45) is 0 Å².